The van der Waals surface area contributed by atoms with Crippen LogP contribution in [0.2, 0.25) is 0 Å². The molecule has 1 saturated heterocycles. The van der Waals surface area contributed by atoms with Gasteiger partial charge < -0.3 is 10.4 Å². The Bertz CT molecular complexity index is 655. The third kappa shape index (κ3) is 3.39. The summed E-state index contributed by atoms with van der Waals surface area (Å²) in [5, 5.41) is 11.7. The average molecular weight is 333 g/mol. The van der Waals surface area contributed by atoms with Gasteiger partial charge in [-0.1, -0.05) is 11.3 Å². The Morgan fingerprint density at radius 2 is 2.19 bits per heavy atom. The molecule has 1 unspecified atom stereocenters. The Morgan fingerprint density at radius 3 is 2.81 bits per heavy atom. The predicted molar refractivity (Wildman–Crippen MR) is 75.6 cm³/mol. The first-order chi connectivity index (χ1) is 9.82. The first kappa shape index (κ1) is 15.9. The minimum absolute atomic E-state index is 0.0700. The van der Waals surface area contributed by atoms with Gasteiger partial charge in [0.05, 0.1) is 6.20 Å². The van der Waals surface area contributed by atoms with Crippen LogP contribution in [0.25, 0.3) is 0 Å². The van der Waals surface area contributed by atoms with Crippen LogP contribution in [-0.2, 0) is 19.6 Å². The molecule has 21 heavy (non-hydrogen) atoms. The molecule has 1 aliphatic heterocycles. The third-order valence-electron chi connectivity index (χ3n) is 3.07. The van der Waals surface area contributed by atoms with Crippen LogP contribution < -0.4 is 5.32 Å². The number of aliphatic carboxylic acids is 1. The highest BCUT2D eigenvalue weighted by atomic mass is 32.2. The van der Waals surface area contributed by atoms with E-state index in [0.717, 1.165) is 21.8 Å². The Kier molecular flexibility index (Phi) is 4.59. The molecule has 1 aromatic rings. The van der Waals surface area contributed by atoms with Crippen LogP contribution in [-0.4, -0.2) is 47.3 Å². The summed E-state index contributed by atoms with van der Waals surface area (Å²) in [4.78, 5) is 26.0. The number of rotatable bonds is 4. The number of amides is 1. The summed E-state index contributed by atoms with van der Waals surface area (Å²) in [7, 11) is -3.91. The lowest BCUT2D eigenvalue weighted by molar-refractivity contribution is -0.142. The fraction of sp³-hybridized carbons (Fsp3) is 0.545. The zero-order valence-corrected chi connectivity index (χ0v) is 12.9. The maximum Gasteiger partial charge on any atom is 0.322 e. The Balaban J connectivity index is 2.29. The number of piperidine rings is 1. The van der Waals surface area contributed by atoms with E-state index in [1.807, 2.05) is 0 Å². The number of anilines is 1. The first-order valence-electron chi connectivity index (χ1n) is 6.30. The topological polar surface area (TPSA) is 117 Å². The van der Waals surface area contributed by atoms with Gasteiger partial charge >= 0.3 is 5.97 Å². The molecule has 2 N–H and O–H groups in total. The third-order valence-corrected chi connectivity index (χ3v) is 6.33. The van der Waals surface area contributed by atoms with Crippen LogP contribution in [0.1, 0.15) is 26.2 Å². The van der Waals surface area contributed by atoms with Gasteiger partial charge in [-0.3, -0.25) is 9.59 Å². The monoisotopic (exact) mass is 333 g/mol. The zero-order chi connectivity index (χ0) is 15.6. The van der Waals surface area contributed by atoms with Crippen LogP contribution in [0, 0.1) is 0 Å². The maximum absolute atomic E-state index is 12.5. The molecular weight excluding hydrogens is 318 g/mol. The van der Waals surface area contributed by atoms with Gasteiger partial charge in [-0.2, -0.15) is 4.31 Å². The van der Waals surface area contributed by atoms with Gasteiger partial charge in [0.1, 0.15) is 6.04 Å². The molecule has 0 saturated carbocycles. The standard InChI is InChI=1S/C11H15N3O5S2/c1-7(15)13-11-12-6-9(20-11)21(18,19)14-5-3-2-4-8(14)10(16)17/h6,8H,2-5H2,1H3,(H,16,17)(H,12,13,15). The average Bonchev–Trinajstić information content (AvgIpc) is 2.87. The van der Waals surface area contributed by atoms with Crippen LogP contribution in [0.4, 0.5) is 5.13 Å². The number of sulfonamides is 1. The summed E-state index contributed by atoms with van der Waals surface area (Å²) in [6.07, 6.45) is 2.74. The minimum Gasteiger partial charge on any atom is -0.480 e. The van der Waals surface area contributed by atoms with Crippen molar-refractivity contribution in [1.29, 1.82) is 0 Å². The summed E-state index contributed by atoms with van der Waals surface area (Å²) < 4.78 is 26.0. The van der Waals surface area contributed by atoms with Crippen LogP contribution in [0.5, 0.6) is 0 Å². The second kappa shape index (κ2) is 6.08. The van der Waals surface area contributed by atoms with Crippen molar-refractivity contribution >= 4 is 38.4 Å². The van der Waals surface area contributed by atoms with Crippen molar-refractivity contribution < 1.29 is 23.1 Å². The van der Waals surface area contributed by atoms with E-state index in [9.17, 15) is 18.0 Å². The van der Waals surface area contributed by atoms with E-state index in [1.54, 1.807) is 0 Å². The van der Waals surface area contributed by atoms with Crippen molar-refractivity contribution in [2.45, 2.75) is 36.4 Å². The van der Waals surface area contributed by atoms with Crippen molar-refractivity contribution in [2.75, 3.05) is 11.9 Å². The predicted octanol–water partition coefficient (Wildman–Crippen LogP) is 0.729. The summed E-state index contributed by atoms with van der Waals surface area (Å²) in [6.45, 7) is 1.47. The lowest BCUT2D eigenvalue weighted by Gasteiger charge is -2.31. The van der Waals surface area contributed by atoms with E-state index in [4.69, 9.17) is 5.11 Å². The molecule has 0 radical (unpaired) electrons. The van der Waals surface area contributed by atoms with Crippen molar-refractivity contribution in [3.8, 4) is 0 Å². The van der Waals surface area contributed by atoms with Crippen molar-refractivity contribution in [3.63, 3.8) is 0 Å². The molecule has 1 atom stereocenters. The molecule has 1 aliphatic rings. The van der Waals surface area contributed by atoms with E-state index < -0.39 is 22.0 Å². The maximum atomic E-state index is 12.5. The Labute approximate surface area is 125 Å². The number of hydrogen-bond donors (Lipinski definition) is 2. The normalized spacial score (nSPS) is 20.1. The van der Waals surface area contributed by atoms with E-state index >= 15 is 0 Å². The fourth-order valence-electron chi connectivity index (χ4n) is 2.14. The Morgan fingerprint density at radius 1 is 1.48 bits per heavy atom. The summed E-state index contributed by atoms with van der Waals surface area (Å²) in [5.74, 6) is -1.50. The molecule has 1 fully saturated rings. The molecule has 116 valence electrons. The molecule has 1 aromatic heterocycles. The van der Waals surface area contributed by atoms with Crippen LogP contribution in [0.15, 0.2) is 10.4 Å². The molecule has 1 amide bonds. The largest absolute Gasteiger partial charge is 0.480 e. The van der Waals surface area contributed by atoms with E-state index in [2.05, 4.69) is 10.3 Å². The van der Waals surface area contributed by atoms with Gasteiger partial charge in [0.25, 0.3) is 10.0 Å². The molecule has 0 spiro atoms. The first-order valence-corrected chi connectivity index (χ1v) is 8.56. The molecule has 2 heterocycles. The van der Waals surface area contributed by atoms with E-state index in [-0.39, 0.29) is 21.8 Å². The van der Waals surface area contributed by atoms with Crippen LogP contribution in [0.3, 0.4) is 0 Å². The second-order valence-corrected chi connectivity index (χ2v) is 7.78. The fourth-order valence-corrected chi connectivity index (χ4v) is 5.00. The quantitative estimate of drug-likeness (QED) is 0.839. The van der Waals surface area contributed by atoms with Gasteiger partial charge in [0, 0.05) is 13.5 Å². The van der Waals surface area contributed by atoms with Gasteiger partial charge in [-0.05, 0) is 19.3 Å². The SMILES string of the molecule is CC(=O)Nc1ncc(S(=O)(=O)N2CCCCC2C(=O)O)s1. The zero-order valence-electron chi connectivity index (χ0n) is 11.3. The van der Waals surface area contributed by atoms with Gasteiger partial charge in [-0.25, -0.2) is 13.4 Å². The van der Waals surface area contributed by atoms with Crippen molar-refractivity contribution in [1.82, 2.24) is 9.29 Å². The minimum atomic E-state index is -3.91. The number of hydrogen-bond acceptors (Lipinski definition) is 6. The number of carbonyl (C=O) groups is 2. The van der Waals surface area contributed by atoms with Crippen molar-refractivity contribution in [3.05, 3.63) is 6.20 Å². The van der Waals surface area contributed by atoms with Crippen LogP contribution >= 0.6 is 11.3 Å². The molecule has 10 heteroatoms. The van der Waals surface area contributed by atoms with E-state index in [1.165, 1.54) is 6.92 Å². The Hall–Kier alpha value is -1.52. The molecule has 0 aromatic carbocycles. The molecule has 2 rings (SSSR count). The van der Waals surface area contributed by atoms with Gasteiger partial charge in [0.15, 0.2) is 9.34 Å². The smallest absolute Gasteiger partial charge is 0.322 e. The lowest BCUT2D eigenvalue weighted by Crippen LogP contribution is -2.47. The number of thiazole rings is 1. The number of nitrogens with one attached hydrogen (secondary N) is 1. The van der Waals surface area contributed by atoms with Gasteiger partial charge in [-0.15, -0.1) is 0 Å². The van der Waals surface area contributed by atoms with Crippen molar-refractivity contribution in [2.24, 2.45) is 0 Å². The number of carboxylic acid groups (broad SMARTS) is 1. The lowest BCUT2D eigenvalue weighted by atomic mass is 10.1. The number of aromatic nitrogens is 1. The molecule has 8 nitrogen and oxygen atoms in total. The number of carboxylic acids is 1. The van der Waals surface area contributed by atoms with E-state index in [0.29, 0.717) is 19.3 Å². The molecule has 0 bridgehead atoms. The molecular formula is C11H15N3O5S2. The highest BCUT2D eigenvalue weighted by Gasteiger charge is 2.38. The summed E-state index contributed by atoms with van der Waals surface area (Å²) in [6, 6.07) is -1.05. The highest BCUT2D eigenvalue weighted by Crippen LogP contribution is 2.30. The molecule has 0 aliphatic carbocycles. The number of nitrogens with zero attached hydrogens (tertiary/aromatic N) is 2. The summed E-state index contributed by atoms with van der Waals surface area (Å²) >= 11 is 0.810. The second-order valence-electron chi connectivity index (χ2n) is 4.63. The van der Waals surface area contributed by atoms with Gasteiger partial charge in [0.2, 0.25) is 5.91 Å². The summed E-state index contributed by atoms with van der Waals surface area (Å²) in [5.41, 5.74) is 0. The number of carbonyl (C=O) groups excluding carboxylic acids is 1. The highest BCUT2D eigenvalue weighted by molar-refractivity contribution is 7.91.